The quantitative estimate of drug-likeness (QED) is 0.339. The molecule has 1 aliphatic rings. The van der Waals surface area contributed by atoms with Crippen molar-refractivity contribution in [3.05, 3.63) is 0 Å². The van der Waals surface area contributed by atoms with Crippen molar-refractivity contribution in [1.82, 2.24) is 10.4 Å². The molecule has 8 nitrogen and oxygen atoms in total. The van der Waals surface area contributed by atoms with Crippen LogP contribution >= 0.6 is 0 Å². The van der Waals surface area contributed by atoms with Crippen LogP contribution in [0.15, 0.2) is 5.10 Å². The van der Waals surface area contributed by atoms with Crippen LogP contribution in [0.4, 0.5) is 0 Å². The average molecular weight is 304 g/mol. The van der Waals surface area contributed by atoms with Crippen LogP contribution in [0.2, 0.25) is 0 Å². The van der Waals surface area contributed by atoms with Gasteiger partial charge in [-0.25, -0.2) is 5.01 Å². The van der Waals surface area contributed by atoms with Gasteiger partial charge in [0, 0.05) is 12.8 Å². The normalized spacial score (nSPS) is 12.0. The molecule has 0 radical (unpaired) electrons. The molecule has 21 heavy (non-hydrogen) atoms. The standard InChI is InChI=1S/C6H10O3.C5H8N2O.CH6N2.CH4/c1-3-9-6(8)4-5(2)7;1-4-3-5(8)7(2)6-4;1-3-2;/h3-4H2,1-2H3;3H2,1-2H3;3H,2H2,1H3;1H4. The molecule has 1 aliphatic heterocycles. The Hall–Kier alpha value is -1.80. The van der Waals surface area contributed by atoms with Gasteiger partial charge in [0.25, 0.3) is 0 Å². The van der Waals surface area contributed by atoms with E-state index in [9.17, 15) is 14.4 Å². The highest BCUT2D eigenvalue weighted by Crippen LogP contribution is 2.02. The lowest BCUT2D eigenvalue weighted by Gasteiger charge is -1.98. The van der Waals surface area contributed by atoms with Crippen molar-refractivity contribution in [3.8, 4) is 0 Å². The van der Waals surface area contributed by atoms with Crippen LogP contribution < -0.4 is 11.3 Å². The fourth-order valence-electron chi connectivity index (χ4n) is 1.10. The third-order valence-electron chi connectivity index (χ3n) is 1.79. The highest BCUT2D eigenvalue weighted by atomic mass is 16.5. The maximum absolute atomic E-state index is 10.6. The van der Waals surface area contributed by atoms with E-state index in [1.165, 1.54) is 11.9 Å². The highest BCUT2D eigenvalue weighted by Gasteiger charge is 2.15. The zero-order chi connectivity index (χ0) is 16.1. The largest absolute Gasteiger partial charge is 0.466 e. The van der Waals surface area contributed by atoms with E-state index in [1.807, 2.05) is 6.92 Å². The minimum atomic E-state index is -0.440. The minimum Gasteiger partial charge on any atom is -0.466 e. The maximum Gasteiger partial charge on any atom is 0.313 e. The number of ketones is 1. The molecule has 0 saturated heterocycles. The molecule has 0 fully saturated rings. The van der Waals surface area contributed by atoms with Crippen molar-refractivity contribution in [2.75, 3.05) is 20.7 Å². The Bertz CT molecular complexity index is 356. The molecular formula is C13H28N4O4. The molecule has 0 aromatic rings. The first kappa shape index (κ1) is 24.2. The van der Waals surface area contributed by atoms with Crippen LogP contribution in [0.1, 0.15) is 41.0 Å². The molecule has 1 amide bonds. The molecule has 124 valence electrons. The zero-order valence-corrected chi connectivity index (χ0v) is 12.7. The molecule has 0 aliphatic carbocycles. The van der Waals surface area contributed by atoms with Crippen molar-refractivity contribution in [2.24, 2.45) is 10.9 Å². The number of Topliss-reactive ketones (excluding diaryl/α,β-unsaturated/α-hetero) is 1. The molecule has 0 unspecified atom stereocenters. The van der Waals surface area contributed by atoms with Gasteiger partial charge in [-0.05, 0) is 27.8 Å². The predicted molar refractivity (Wildman–Crippen MR) is 82.4 cm³/mol. The van der Waals surface area contributed by atoms with Gasteiger partial charge in [0.1, 0.15) is 12.2 Å². The first-order valence-corrected chi connectivity index (χ1v) is 6.11. The van der Waals surface area contributed by atoms with Crippen LogP contribution in [0.25, 0.3) is 0 Å². The van der Waals surface area contributed by atoms with E-state index >= 15 is 0 Å². The summed E-state index contributed by atoms with van der Waals surface area (Å²) in [7, 11) is 3.32. The molecule has 0 bridgehead atoms. The van der Waals surface area contributed by atoms with E-state index in [4.69, 9.17) is 0 Å². The molecule has 3 N–H and O–H groups in total. The van der Waals surface area contributed by atoms with Crippen molar-refractivity contribution in [1.29, 1.82) is 0 Å². The lowest BCUT2D eigenvalue weighted by molar-refractivity contribution is -0.145. The summed E-state index contributed by atoms with van der Waals surface area (Å²) >= 11 is 0. The summed E-state index contributed by atoms with van der Waals surface area (Å²) in [6, 6.07) is 0. The number of ether oxygens (including phenoxy) is 1. The molecular weight excluding hydrogens is 276 g/mol. The van der Waals surface area contributed by atoms with Gasteiger partial charge < -0.3 is 4.74 Å². The summed E-state index contributed by atoms with van der Waals surface area (Å²) in [5.41, 5.74) is 3.15. The van der Waals surface area contributed by atoms with Crippen LogP contribution in [-0.2, 0) is 19.1 Å². The summed E-state index contributed by atoms with van der Waals surface area (Å²) in [6.07, 6.45) is 0.393. The third-order valence-corrected chi connectivity index (χ3v) is 1.79. The second-order valence-electron chi connectivity index (χ2n) is 3.90. The van der Waals surface area contributed by atoms with Gasteiger partial charge in [-0.1, -0.05) is 7.43 Å². The summed E-state index contributed by atoms with van der Waals surface area (Å²) < 4.78 is 4.49. The predicted octanol–water partition coefficient (Wildman–Crippen LogP) is 0.469. The number of carbonyl (C=O) groups is 3. The molecule has 0 aromatic carbocycles. The zero-order valence-electron chi connectivity index (χ0n) is 12.7. The smallest absolute Gasteiger partial charge is 0.313 e. The van der Waals surface area contributed by atoms with E-state index in [0.29, 0.717) is 13.0 Å². The van der Waals surface area contributed by atoms with Gasteiger partial charge in [0.2, 0.25) is 5.91 Å². The number of nitrogens with two attached hydrogens (primary N) is 1. The third kappa shape index (κ3) is 16.1. The number of carbonyl (C=O) groups excluding carboxylic acids is 3. The van der Waals surface area contributed by atoms with Crippen LogP contribution in [0.3, 0.4) is 0 Å². The topological polar surface area (TPSA) is 114 Å². The second-order valence-corrected chi connectivity index (χ2v) is 3.90. The van der Waals surface area contributed by atoms with Gasteiger partial charge in [-0.3, -0.25) is 25.7 Å². The Morgan fingerprint density at radius 2 is 1.95 bits per heavy atom. The van der Waals surface area contributed by atoms with Crippen LogP contribution in [-0.4, -0.2) is 49.1 Å². The monoisotopic (exact) mass is 304 g/mol. The van der Waals surface area contributed by atoms with Gasteiger partial charge in [0.05, 0.1) is 13.0 Å². The fourth-order valence-corrected chi connectivity index (χ4v) is 1.10. The van der Waals surface area contributed by atoms with Crippen molar-refractivity contribution < 1.29 is 19.1 Å². The molecule has 8 heteroatoms. The second kappa shape index (κ2) is 14.6. The molecule has 1 heterocycles. The Labute approximate surface area is 126 Å². The first-order valence-electron chi connectivity index (χ1n) is 6.11. The average Bonchev–Trinajstić information content (AvgIpc) is 2.57. The van der Waals surface area contributed by atoms with E-state index in [-0.39, 0.29) is 25.5 Å². The SMILES string of the molecule is C.CC1=NN(C)C(=O)C1.CCOC(=O)CC(C)=O.CNN. The molecule has 0 aromatic heterocycles. The Morgan fingerprint density at radius 1 is 1.48 bits per heavy atom. The number of hydrogen-bond donors (Lipinski definition) is 2. The summed E-state index contributed by atoms with van der Waals surface area (Å²) in [5, 5.41) is 5.24. The number of hydrazine groups is 1. The van der Waals surface area contributed by atoms with Crippen molar-refractivity contribution in [3.63, 3.8) is 0 Å². The summed E-state index contributed by atoms with van der Waals surface area (Å²) in [4.78, 5) is 31.2. The molecule has 1 rings (SSSR count). The minimum absolute atomic E-state index is 0. The van der Waals surface area contributed by atoms with Crippen LogP contribution in [0.5, 0.6) is 0 Å². The van der Waals surface area contributed by atoms with Gasteiger partial charge >= 0.3 is 5.97 Å². The highest BCUT2D eigenvalue weighted by molar-refractivity contribution is 6.03. The van der Waals surface area contributed by atoms with E-state index in [0.717, 1.165) is 5.71 Å². The van der Waals surface area contributed by atoms with Gasteiger partial charge in [-0.15, -0.1) is 0 Å². The van der Waals surface area contributed by atoms with E-state index < -0.39 is 5.97 Å². The molecule has 0 saturated carbocycles. The van der Waals surface area contributed by atoms with E-state index in [2.05, 4.69) is 21.1 Å². The number of amides is 1. The summed E-state index contributed by atoms with van der Waals surface area (Å²) in [5.74, 6) is 4.08. The first-order chi connectivity index (χ1) is 9.28. The number of nitrogens with one attached hydrogen (secondary N) is 1. The Balaban J connectivity index is -0.000000251. The maximum atomic E-state index is 10.6. The Morgan fingerprint density at radius 3 is 2.14 bits per heavy atom. The van der Waals surface area contributed by atoms with Gasteiger partial charge in [-0.2, -0.15) is 5.10 Å². The Kier molecular flexibility index (Phi) is 16.9. The van der Waals surface area contributed by atoms with Gasteiger partial charge in [0.15, 0.2) is 0 Å². The molecule has 0 atom stereocenters. The lowest BCUT2D eigenvalue weighted by atomic mass is 10.3. The molecule has 0 spiro atoms. The number of esters is 1. The van der Waals surface area contributed by atoms with E-state index in [1.54, 1.807) is 21.0 Å². The lowest BCUT2D eigenvalue weighted by Crippen LogP contribution is -2.13. The van der Waals surface area contributed by atoms with Crippen LogP contribution in [0, 0.1) is 0 Å². The fraction of sp³-hybridized carbons (Fsp3) is 0.692. The van der Waals surface area contributed by atoms with Crippen molar-refractivity contribution in [2.45, 2.75) is 41.0 Å². The van der Waals surface area contributed by atoms with Crippen molar-refractivity contribution >= 4 is 23.4 Å². The number of hydrogen-bond acceptors (Lipinski definition) is 7. The number of rotatable bonds is 3. The summed E-state index contributed by atoms with van der Waals surface area (Å²) in [6.45, 7) is 5.25. The number of hydrazone groups is 1. The number of nitrogens with zero attached hydrogens (tertiary/aromatic N) is 2.